The number of hydrogen-bond donors (Lipinski definition) is 0. The first-order valence-electron chi connectivity index (χ1n) is 10.6. The molecule has 1 unspecified atom stereocenters. The highest BCUT2D eigenvalue weighted by atomic mass is 32.2. The number of hydrogen-bond acceptors (Lipinski definition) is 2. The number of allylic oxidation sites excluding steroid dienone is 4. The van der Waals surface area contributed by atoms with Crippen LogP contribution in [0.4, 0.5) is 0 Å². The van der Waals surface area contributed by atoms with Crippen LogP contribution in [0.1, 0.15) is 54.9 Å². The van der Waals surface area contributed by atoms with Crippen LogP contribution in [-0.4, -0.2) is 5.75 Å². The monoisotopic (exact) mass is 420 g/mol. The van der Waals surface area contributed by atoms with E-state index in [9.17, 15) is 0 Å². The van der Waals surface area contributed by atoms with Crippen LogP contribution in [0.25, 0.3) is 0 Å². The molecule has 0 nitrogen and oxygen atoms in total. The predicted molar refractivity (Wildman–Crippen MR) is 132 cm³/mol. The van der Waals surface area contributed by atoms with E-state index in [0.29, 0.717) is 0 Å². The smallest absolute Gasteiger partial charge is 0.0234 e. The Hall–Kier alpha value is -1.64. The van der Waals surface area contributed by atoms with Crippen LogP contribution in [0.2, 0.25) is 0 Å². The van der Waals surface area contributed by atoms with Crippen molar-refractivity contribution in [3.05, 3.63) is 95.1 Å². The lowest BCUT2D eigenvalue weighted by atomic mass is 9.99. The minimum Gasteiger partial charge on any atom is -0.121 e. The molecule has 1 aliphatic carbocycles. The Bertz CT molecular complexity index is 905. The van der Waals surface area contributed by atoms with Gasteiger partial charge in [-0.3, -0.25) is 0 Å². The predicted octanol–water partition coefficient (Wildman–Crippen LogP) is 8.51. The fourth-order valence-electron chi connectivity index (χ4n) is 3.84. The number of fused-ring (bicyclic) bond motifs is 1. The van der Waals surface area contributed by atoms with Gasteiger partial charge in [-0.25, -0.2) is 0 Å². The van der Waals surface area contributed by atoms with Gasteiger partial charge in [0.05, 0.1) is 0 Å². The molecule has 0 saturated heterocycles. The molecule has 0 aliphatic heterocycles. The normalized spacial score (nSPS) is 16.4. The van der Waals surface area contributed by atoms with Crippen molar-refractivity contribution in [2.75, 3.05) is 5.75 Å². The van der Waals surface area contributed by atoms with Gasteiger partial charge in [0.2, 0.25) is 0 Å². The number of aryl methyl sites for hydroxylation is 2. The molecule has 2 heteroatoms. The van der Waals surface area contributed by atoms with Crippen molar-refractivity contribution in [3.63, 3.8) is 0 Å². The lowest BCUT2D eigenvalue weighted by Gasteiger charge is -2.11. The van der Waals surface area contributed by atoms with E-state index in [4.69, 9.17) is 0 Å². The first-order valence-corrected chi connectivity index (χ1v) is 12.5. The molecule has 0 spiro atoms. The standard InChI is InChI=1S/C27H32S2/c1-5-8-9-21(6-2)18-28-25-13-12-24(20(4)16-25)19-29-26-14-15-27-22(7-3)10-11-23(27)17-26/h5-6,8-9,12-17,22H,2,7,10-11,18-19H2,1,3-4H3/b8-5-,21-9+. The van der Waals surface area contributed by atoms with Crippen LogP contribution in [0.15, 0.2) is 82.6 Å². The van der Waals surface area contributed by atoms with E-state index in [0.717, 1.165) is 17.4 Å². The molecular weight excluding hydrogens is 388 g/mol. The van der Waals surface area contributed by atoms with Crippen molar-refractivity contribution >= 4 is 23.5 Å². The van der Waals surface area contributed by atoms with E-state index in [-0.39, 0.29) is 0 Å². The summed E-state index contributed by atoms with van der Waals surface area (Å²) in [6.07, 6.45) is 12.1. The largest absolute Gasteiger partial charge is 0.121 e. The highest BCUT2D eigenvalue weighted by Crippen LogP contribution is 2.38. The molecule has 0 N–H and O–H groups in total. The van der Waals surface area contributed by atoms with Crippen molar-refractivity contribution in [2.24, 2.45) is 0 Å². The molecule has 0 bridgehead atoms. The van der Waals surface area contributed by atoms with Gasteiger partial charge in [-0.1, -0.05) is 49.9 Å². The summed E-state index contributed by atoms with van der Waals surface area (Å²) in [6, 6.07) is 14.0. The Kier molecular flexibility index (Phi) is 8.32. The van der Waals surface area contributed by atoms with Crippen molar-refractivity contribution in [3.8, 4) is 0 Å². The van der Waals surface area contributed by atoms with Gasteiger partial charge < -0.3 is 0 Å². The fourth-order valence-corrected chi connectivity index (χ4v) is 5.85. The van der Waals surface area contributed by atoms with Gasteiger partial charge in [0, 0.05) is 21.3 Å². The molecule has 0 saturated carbocycles. The molecule has 1 atom stereocenters. The van der Waals surface area contributed by atoms with Gasteiger partial charge >= 0.3 is 0 Å². The van der Waals surface area contributed by atoms with Gasteiger partial charge in [0.25, 0.3) is 0 Å². The van der Waals surface area contributed by atoms with E-state index in [2.05, 4.69) is 69.0 Å². The molecule has 3 rings (SSSR count). The maximum atomic E-state index is 3.92. The third kappa shape index (κ3) is 5.93. The quantitative estimate of drug-likeness (QED) is 0.294. The van der Waals surface area contributed by atoms with E-state index in [1.807, 2.05) is 42.6 Å². The molecule has 2 aromatic rings. The fraction of sp³-hybridized carbons (Fsp3) is 0.333. The third-order valence-electron chi connectivity index (χ3n) is 5.69. The minimum absolute atomic E-state index is 0.783. The first-order chi connectivity index (χ1) is 14.1. The summed E-state index contributed by atoms with van der Waals surface area (Å²) >= 11 is 3.84. The van der Waals surface area contributed by atoms with Gasteiger partial charge in [-0.2, -0.15) is 0 Å². The lowest BCUT2D eigenvalue weighted by molar-refractivity contribution is 0.656. The lowest BCUT2D eigenvalue weighted by Crippen LogP contribution is -1.91. The van der Waals surface area contributed by atoms with Crippen LogP contribution in [0, 0.1) is 6.92 Å². The summed E-state index contributed by atoms with van der Waals surface area (Å²) in [5.74, 6) is 2.77. The molecule has 1 aliphatic rings. The second-order valence-electron chi connectivity index (χ2n) is 7.64. The molecule has 29 heavy (non-hydrogen) atoms. The maximum Gasteiger partial charge on any atom is 0.0234 e. The molecule has 2 aromatic carbocycles. The number of benzene rings is 2. The van der Waals surface area contributed by atoms with Crippen LogP contribution in [0.3, 0.4) is 0 Å². The second kappa shape index (κ2) is 10.9. The molecule has 0 heterocycles. The molecule has 0 radical (unpaired) electrons. The Labute approximate surface area is 185 Å². The zero-order valence-corrected chi connectivity index (χ0v) is 19.5. The minimum atomic E-state index is 0.783. The van der Waals surface area contributed by atoms with Crippen molar-refractivity contribution in [1.29, 1.82) is 0 Å². The third-order valence-corrected chi connectivity index (χ3v) is 7.80. The van der Waals surface area contributed by atoms with Crippen LogP contribution in [-0.2, 0) is 12.2 Å². The van der Waals surface area contributed by atoms with Gasteiger partial charge in [-0.05, 0) is 91.1 Å². The maximum absolute atomic E-state index is 3.92. The summed E-state index contributed by atoms with van der Waals surface area (Å²) in [6.45, 7) is 10.5. The number of rotatable bonds is 9. The summed E-state index contributed by atoms with van der Waals surface area (Å²) in [4.78, 5) is 2.73. The van der Waals surface area contributed by atoms with E-state index >= 15 is 0 Å². The summed E-state index contributed by atoms with van der Waals surface area (Å²) in [7, 11) is 0. The first kappa shape index (κ1) is 22.1. The van der Waals surface area contributed by atoms with Crippen LogP contribution in [0.5, 0.6) is 0 Å². The van der Waals surface area contributed by atoms with Crippen LogP contribution < -0.4 is 0 Å². The van der Waals surface area contributed by atoms with Gasteiger partial charge in [0.1, 0.15) is 0 Å². The average molecular weight is 421 g/mol. The highest BCUT2D eigenvalue weighted by Gasteiger charge is 2.20. The number of thioether (sulfide) groups is 2. The summed E-state index contributed by atoms with van der Waals surface area (Å²) in [5, 5.41) is 0. The molecule has 0 amide bonds. The second-order valence-corrected chi connectivity index (χ2v) is 9.74. The Morgan fingerprint density at radius 1 is 1.14 bits per heavy atom. The Balaban J connectivity index is 1.59. The SMILES string of the molecule is C=C/C(=C\C=C/C)CSc1ccc(CSc2ccc3c(c2)CCC3CC)c(C)c1. The van der Waals surface area contributed by atoms with Gasteiger partial charge in [0.15, 0.2) is 0 Å². The van der Waals surface area contributed by atoms with Crippen molar-refractivity contribution in [2.45, 2.75) is 61.5 Å². The van der Waals surface area contributed by atoms with E-state index in [1.165, 1.54) is 45.8 Å². The topological polar surface area (TPSA) is 0 Å². The van der Waals surface area contributed by atoms with E-state index < -0.39 is 0 Å². The Morgan fingerprint density at radius 3 is 2.66 bits per heavy atom. The molecule has 152 valence electrons. The molecule has 0 aromatic heterocycles. The summed E-state index contributed by atoms with van der Waals surface area (Å²) in [5.41, 5.74) is 7.24. The Morgan fingerprint density at radius 2 is 1.93 bits per heavy atom. The molecular formula is C27H32S2. The van der Waals surface area contributed by atoms with Crippen molar-refractivity contribution < 1.29 is 0 Å². The van der Waals surface area contributed by atoms with Crippen molar-refractivity contribution in [1.82, 2.24) is 0 Å². The highest BCUT2D eigenvalue weighted by molar-refractivity contribution is 7.99. The van der Waals surface area contributed by atoms with Crippen LogP contribution >= 0.6 is 23.5 Å². The zero-order chi connectivity index (χ0) is 20.6. The molecule has 0 fully saturated rings. The summed E-state index contributed by atoms with van der Waals surface area (Å²) < 4.78 is 0. The average Bonchev–Trinajstić information content (AvgIpc) is 3.15. The van der Waals surface area contributed by atoms with Gasteiger partial charge in [-0.15, -0.1) is 23.5 Å². The van der Waals surface area contributed by atoms with E-state index in [1.54, 1.807) is 11.1 Å². The zero-order valence-electron chi connectivity index (χ0n) is 17.9.